The maximum atomic E-state index is 14.3. The molecule has 0 unspecified atom stereocenters. The lowest BCUT2D eigenvalue weighted by Gasteiger charge is -2.24. The van der Waals surface area contributed by atoms with E-state index in [0.717, 1.165) is 26.9 Å². The van der Waals surface area contributed by atoms with Gasteiger partial charge in [0.15, 0.2) is 4.80 Å². The van der Waals surface area contributed by atoms with Gasteiger partial charge in [0.05, 0.1) is 52.8 Å². The Morgan fingerprint density at radius 3 is 2.47 bits per heavy atom. The molecular weight excluding hydrogens is 656 g/mol. The van der Waals surface area contributed by atoms with Gasteiger partial charge in [-0.3, -0.25) is 9.36 Å². The molecule has 0 spiro atoms. The Bertz CT molecular complexity index is 2110. The number of aromatic nitrogens is 3. The van der Waals surface area contributed by atoms with E-state index in [1.165, 1.54) is 11.3 Å². The maximum absolute atomic E-state index is 14.3. The van der Waals surface area contributed by atoms with Crippen molar-refractivity contribution in [2.24, 2.45) is 4.99 Å². The number of carbonyl (C=O) groups excluding carboxylic acids is 1. The molecule has 0 amide bonds. The Morgan fingerprint density at radius 1 is 1.04 bits per heavy atom. The van der Waals surface area contributed by atoms with Crippen molar-refractivity contribution in [2.45, 2.75) is 19.9 Å². The summed E-state index contributed by atoms with van der Waals surface area (Å²) < 4.78 is 20.8. The second kappa shape index (κ2) is 12.7. The molecule has 0 N–H and O–H groups in total. The Morgan fingerprint density at radius 2 is 1.80 bits per heavy atom. The summed E-state index contributed by atoms with van der Waals surface area (Å²) in [5, 5.41) is 4.92. The SMILES string of the molecule is CCOC(=O)C1=C(C)N=c2s/c(=C\c3cn(-c4ccccc4)nc3-c3ccc(OC)c(Br)c3)c(=O)n2[C@H]1c1ccc(OC)cc1. The molecule has 1 aliphatic heterocycles. The first-order valence-corrected chi connectivity index (χ1v) is 15.8. The number of allylic oxidation sites excluding steroid dienone is 1. The quantitative estimate of drug-likeness (QED) is 0.202. The second-order valence-electron chi connectivity index (χ2n) is 10.1. The predicted octanol–water partition coefficient (Wildman–Crippen LogP) is 5.43. The fourth-order valence-corrected chi connectivity index (χ4v) is 6.86. The van der Waals surface area contributed by atoms with E-state index in [9.17, 15) is 9.59 Å². The lowest BCUT2D eigenvalue weighted by molar-refractivity contribution is -0.139. The number of hydrogen-bond donors (Lipinski definition) is 0. The van der Waals surface area contributed by atoms with Crippen molar-refractivity contribution >= 4 is 39.3 Å². The molecule has 228 valence electrons. The second-order valence-corrected chi connectivity index (χ2v) is 12.0. The molecule has 5 aromatic rings. The van der Waals surface area contributed by atoms with E-state index in [1.807, 2.05) is 72.9 Å². The van der Waals surface area contributed by atoms with Crippen LogP contribution < -0.4 is 24.4 Å². The first-order chi connectivity index (χ1) is 21.8. The number of methoxy groups -OCH3 is 2. The van der Waals surface area contributed by atoms with Crippen LogP contribution in [0.15, 0.2) is 105 Å². The normalized spacial score (nSPS) is 14.6. The van der Waals surface area contributed by atoms with E-state index in [4.69, 9.17) is 24.3 Å². The van der Waals surface area contributed by atoms with Crippen molar-refractivity contribution in [1.29, 1.82) is 0 Å². The van der Waals surface area contributed by atoms with Gasteiger partial charge >= 0.3 is 5.97 Å². The molecule has 11 heteroatoms. The molecule has 0 bridgehead atoms. The number of halogens is 1. The van der Waals surface area contributed by atoms with Crippen LogP contribution in [-0.4, -0.2) is 41.1 Å². The zero-order valence-corrected chi connectivity index (χ0v) is 27.4. The minimum atomic E-state index is -0.725. The molecule has 0 aliphatic carbocycles. The molecule has 9 nitrogen and oxygen atoms in total. The van der Waals surface area contributed by atoms with E-state index in [0.29, 0.717) is 37.8 Å². The third-order valence-corrected chi connectivity index (χ3v) is 9.03. The Hall–Kier alpha value is -4.74. The zero-order valence-electron chi connectivity index (χ0n) is 25.0. The number of fused-ring (bicyclic) bond motifs is 1. The van der Waals surface area contributed by atoms with Crippen LogP contribution in [0, 0.1) is 0 Å². The zero-order chi connectivity index (χ0) is 31.7. The van der Waals surface area contributed by atoms with Gasteiger partial charge in [0.2, 0.25) is 0 Å². The van der Waals surface area contributed by atoms with Crippen LogP contribution in [0.4, 0.5) is 0 Å². The van der Waals surface area contributed by atoms with E-state index in [-0.39, 0.29) is 12.2 Å². The van der Waals surface area contributed by atoms with Crippen molar-refractivity contribution in [3.63, 3.8) is 0 Å². The van der Waals surface area contributed by atoms with Crippen molar-refractivity contribution in [2.75, 3.05) is 20.8 Å². The van der Waals surface area contributed by atoms with Crippen LogP contribution in [0.5, 0.6) is 11.5 Å². The van der Waals surface area contributed by atoms with Crippen molar-refractivity contribution < 1.29 is 19.0 Å². The summed E-state index contributed by atoms with van der Waals surface area (Å²) in [6, 6.07) is 22.1. The predicted molar refractivity (Wildman–Crippen MR) is 177 cm³/mol. The highest BCUT2D eigenvalue weighted by Gasteiger charge is 2.33. The van der Waals surface area contributed by atoms with Crippen LogP contribution in [0.1, 0.15) is 31.0 Å². The number of esters is 1. The fraction of sp³-hybridized carbons (Fsp3) is 0.176. The van der Waals surface area contributed by atoms with Gasteiger partial charge in [0.25, 0.3) is 5.56 Å². The van der Waals surface area contributed by atoms with Gasteiger partial charge in [0, 0.05) is 17.3 Å². The maximum Gasteiger partial charge on any atom is 0.338 e. The van der Waals surface area contributed by atoms with Crippen LogP contribution in [0.25, 0.3) is 23.0 Å². The lowest BCUT2D eigenvalue weighted by Crippen LogP contribution is -2.39. The summed E-state index contributed by atoms with van der Waals surface area (Å²) in [4.78, 5) is 32.7. The van der Waals surface area contributed by atoms with Crippen molar-refractivity contribution in [1.82, 2.24) is 14.3 Å². The number of ether oxygens (including phenoxy) is 3. The minimum absolute atomic E-state index is 0.199. The number of hydrogen-bond acceptors (Lipinski definition) is 8. The molecule has 0 radical (unpaired) electrons. The van der Waals surface area contributed by atoms with Gasteiger partial charge in [-0.15, -0.1) is 0 Å². The van der Waals surface area contributed by atoms with Crippen LogP contribution in [-0.2, 0) is 9.53 Å². The van der Waals surface area contributed by atoms with E-state index >= 15 is 0 Å². The Balaban J connectivity index is 1.55. The van der Waals surface area contributed by atoms with E-state index in [1.54, 1.807) is 49.4 Å². The smallest absolute Gasteiger partial charge is 0.338 e. The van der Waals surface area contributed by atoms with E-state index < -0.39 is 12.0 Å². The molecule has 1 atom stereocenters. The monoisotopic (exact) mass is 684 g/mol. The van der Waals surface area contributed by atoms with Crippen LogP contribution in [0.2, 0.25) is 0 Å². The number of rotatable bonds is 8. The van der Waals surface area contributed by atoms with Crippen LogP contribution in [0.3, 0.4) is 0 Å². The molecule has 3 aromatic carbocycles. The van der Waals surface area contributed by atoms with Crippen molar-refractivity contribution in [3.8, 4) is 28.4 Å². The first-order valence-electron chi connectivity index (χ1n) is 14.2. The topological polar surface area (TPSA) is 96.9 Å². The highest BCUT2D eigenvalue weighted by Crippen LogP contribution is 2.33. The van der Waals surface area contributed by atoms with Gasteiger partial charge in [-0.1, -0.05) is 41.7 Å². The average Bonchev–Trinajstić information content (AvgIpc) is 3.61. The third-order valence-electron chi connectivity index (χ3n) is 7.42. The fourth-order valence-electron chi connectivity index (χ4n) is 5.28. The molecule has 0 fully saturated rings. The highest BCUT2D eigenvalue weighted by molar-refractivity contribution is 9.10. The number of carbonyl (C=O) groups is 1. The molecule has 3 heterocycles. The summed E-state index contributed by atoms with van der Waals surface area (Å²) >= 11 is 4.85. The molecule has 0 saturated heterocycles. The Labute approximate surface area is 271 Å². The summed E-state index contributed by atoms with van der Waals surface area (Å²) in [6.45, 7) is 3.72. The van der Waals surface area contributed by atoms with Gasteiger partial charge < -0.3 is 14.2 Å². The lowest BCUT2D eigenvalue weighted by atomic mass is 9.96. The number of thiazole rings is 1. The first kappa shape index (κ1) is 30.3. The molecule has 2 aromatic heterocycles. The molecule has 45 heavy (non-hydrogen) atoms. The molecular formula is C34H29BrN4O5S. The van der Waals surface area contributed by atoms with Crippen molar-refractivity contribution in [3.05, 3.63) is 126 Å². The summed E-state index contributed by atoms with van der Waals surface area (Å²) in [5.41, 5.74) is 4.43. The third kappa shape index (κ3) is 5.76. The van der Waals surface area contributed by atoms with Gasteiger partial charge in [-0.2, -0.15) is 5.10 Å². The summed E-state index contributed by atoms with van der Waals surface area (Å²) in [5.74, 6) is 0.852. The number of benzene rings is 3. The summed E-state index contributed by atoms with van der Waals surface area (Å²) in [7, 11) is 3.20. The number of para-hydroxylation sites is 1. The average molecular weight is 686 g/mol. The Kier molecular flexibility index (Phi) is 8.55. The molecule has 6 rings (SSSR count). The van der Waals surface area contributed by atoms with E-state index in [2.05, 4.69) is 15.9 Å². The van der Waals surface area contributed by atoms with Gasteiger partial charge in [0.1, 0.15) is 17.2 Å². The largest absolute Gasteiger partial charge is 0.497 e. The highest BCUT2D eigenvalue weighted by atomic mass is 79.9. The molecule has 0 saturated carbocycles. The summed E-state index contributed by atoms with van der Waals surface area (Å²) in [6.07, 6.45) is 3.73. The number of nitrogens with zero attached hydrogens (tertiary/aromatic N) is 4. The minimum Gasteiger partial charge on any atom is -0.497 e. The van der Waals surface area contributed by atoms with Crippen LogP contribution >= 0.6 is 27.3 Å². The van der Waals surface area contributed by atoms with Gasteiger partial charge in [-0.05, 0) is 83.9 Å². The van der Waals surface area contributed by atoms with Gasteiger partial charge in [-0.25, -0.2) is 14.5 Å². The molecule has 1 aliphatic rings. The standard InChI is InChI=1S/C34H29BrN4O5S/c1-5-44-33(41)29-20(2)36-34-39(31(29)21-11-14-25(42-3)15-12-21)32(40)28(45-34)18-23-19-38(24-9-7-6-8-10-24)37-30(23)22-13-16-27(43-4)26(35)17-22/h6-19,31H,5H2,1-4H3/b28-18-/t31-/m0/s1.